The first kappa shape index (κ1) is 15.6. The van der Waals surface area contributed by atoms with E-state index in [-0.39, 0.29) is 5.91 Å². The zero-order valence-electron chi connectivity index (χ0n) is 14.3. The molecule has 1 aliphatic heterocycles. The van der Waals surface area contributed by atoms with Crippen molar-refractivity contribution in [3.8, 4) is 0 Å². The molecule has 25 heavy (non-hydrogen) atoms. The van der Waals surface area contributed by atoms with Crippen LogP contribution in [0.1, 0.15) is 5.69 Å². The van der Waals surface area contributed by atoms with Gasteiger partial charge in [0.05, 0.1) is 24.0 Å². The highest BCUT2D eigenvalue weighted by Crippen LogP contribution is 2.26. The van der Waals surface area contributed by atoms with Crippen LogP contribution in [0.15, 0.2) is 48.9 Å². The molecule has 1 saturated heterocycles. The Hall–Kier alpha value is -2.89. The normalized spacial score (nSPS) is 14.9. The first-order valence-electron chi connectivity index (χ1n) is 8.55. The van der Waals surface area contributed by atoms with E-state index in [0.29, 0.717) is 6.42 Å². The van der Waals surface area contributed by atoms with Crippen LogP contribution in [0.2, 0.25) is 0 Å². The molecule has 3 heterocycles. The van der Waals surface area contributed by atoms with Crippen molar-refractivity contribution in [3.63, 3.8) is 0 Å². The predicted molar refractivity (Wildman–Crippen MR) is 97.4 cm³/mol. The van der Waals surface area contributed by atoms with Crippen LogP contribution in [0, 0.1) is 0 Å². The van der Waals surface area contributed by atoms with Crippen LogP contribution in [0.3, 0.4) is 0 Å². The number of pyridine rings is 1. The van der Waals surface area contributed by atoms with Gasteiger partial charge in [-0.2, -0.15) is 5.10 Å². The Kier molecular flexibility index (Phi) is 4.09. The molecule has 1 fully saturated rings. The lowest BCUT2D eigenvalue weighted by Crippen LogP contribution is -2.49. The van der Waals surface area contributed by atoms with Gasteiger partial charge in [0, 0.05) is 56.4 Å². The topological polar surface area (TPSA) is 54.3 Å². The van der Waals surface area contributed by atoms with Gasteiger partial charge in [-0.3, -0.25) is 14.5 Å². The molecule has 3 aromatic rings. The second-order valence-electron chi connectivity index (χ2n) is 6.41. The fraction of sp³-hybridized carbons (Fsp3) is 0.316. The van der Waals surface area contributed by atoms with Gasteiger partial charge in [0.25, 0.3) is 0 Å². The highest BCUT2D eigenvalue weighted by molar-refractivity contribution is 5.93. The van der Waals surface area contributed by atoms with Crippen LogP contribution in [0.5, 0.6) is 0 Å². The van der Waals surface area contributed by atoms with Gasteiger partial charge in [-0.1, -0.05) is 24.3 Å². The van der Waals surface area contributed by atoms with Gasteiger partial charge in [-0.15, -0.1) is 0 Å². The van der Waals surface area contributed by atoms with Crippen LogP contribution in [-0.4, -0.2) is 51.8 Å². The summed E-state index contributed by atoms with van der Waals surface area (Å²) in [6.45, 7) is 3.11. The average molecular weight is 335 g/mol. The zero-order valence-corrected chi connectivity index (χ0v) is 14.3. The molecule has 1 amide bonds. The van der Waals surface area contributed by atoms with Crippen molar-refractivity contribution >= 4 is 22.4 Å². The van der Waals surface area contributed by atoms with Crippen LogP contribution >= 0.6 is 0 Å². The number of amides is 1. The third-order valence-electron chi connectivity index (χ3n) is 4.72. The minimum absolute atomic E-state index is 0.148. The van der Waals surface area contributed by atoms with E-state index in [1.807, 2.05) is 42.7 Å². The molecule has 128 valence electrons. The molecule has 1 aliphatic rings. The van der Waals surface area contributed by atoms with Crippen LogP contribution in [-0.2, 0) is 18.3 Å². The van der Waals surface area contributed by atoms with Gasteiger partial charge in [-0.05, 0) is 6.07 Å². The van der Waals surface area contributed by atoms with Crippen molar-refractivity contribution < 1.29 is 4.79 Å². The summed E-state index contributed by atoms with van der Waals surface area (Å²) in [5, 5.41) is 6.65. The Morgan fingerprint density at radius 1 is 1.08 bits per heavy atom. The molecule has 1 aromatic carbocycles. The third-order valence-corrected chi connectivity index (χ3v) is 4.72. The summed E-state index contributed by atoms with van der Waals surface area (Å²) in [6.07, 6.45) is 6.06. The number of piperazine rings is 1. The quantitative estimate of drug-likeness (QED) is 0.733. The summed E-state index contributed by atoms with van der Waals surface area (Å²) in [7, 11) is 1.87. The molecule has 6 heteroatoms. The Bertz CT molecular complexity index is 890. The van der Waals surface area contributed by atoms with E-state index in [4.69, 9.17) is 0 Å². The summed E-state index contributed by atoms with van der Waals surface area (Å²) in [4.78, 5) is 21.1. The molecule has 0 bridgehead atoms. The maximum atomic E-state index is 12.5. The first-order chi connectivity index (χ1) is 12.2. The second-order valence-corrected chi connectivity index (χ2v) is 6.41. The number of rotatable bonds is 3. The summed E-state index contributed by atoms with van der Waals surface area (Å²) in [5.74, 6) is 0.148. The van der Waals surface area contributed by atoms with Crippen molar-refractivity contribution in [2.75, 3.05) is 31.1 Å². The standard InChI is InChI=1S/C19H21N5O/c1-22-7-6-16(21-22)12-19(25)24-10-8-23(9-11-24)18-14-20-13-15-4-2-3-5-17(15)18/h2-7,13-14H,8-12H2,1H3. The minimum atomic E-state index is 0.148. The number of aryl methyl sites for hydroxylation is 1. The molecule has 0 atom stereocenters. The van der Waals surface area contributed by atoms with Crippen LogP contribution < -0.4 is 4.90 Å². The summed E-state index contributed by atoms with van der Waals surface area (Å²) < 4.78 is 1.73. The van der Waals surface area contributed by atoms with Gasteiger partial charge < -0.3 is 9.80 Å². The van der Waals surface area contributed by atoms with E-state index < -0.39 is 0 Å². The molecular weight excluding hydrogens is 314 g/mol. The number of anilines is 1. The lowest BCUT2D eigenvalue weighted by molar-refractivity contribution is -0.130. The molecule has 0 saturated carbocycles. The van der Waals surface area contributed by atoms with Gasteiger partial charge in [0.2, 0.25) is 5.91 Å². The number of benzene rings is 1. The Balaban J connectivity index is 1.43. The number of hydrogen-bond acceptors (Lipinski definition) is 4. The number of fused-ring (bicyclic) bond motifs is 1. The molecule has 4 rings (SSSR count). The Labute approximate surface area is 146 Å². The van der Waals surface area contributed by atoms with Crippen LogP contribution in [0.25, 0.3) is 10.8 Å². The van der Waals surface area contributed by atoms with Gasteiger partial charge in [-0.25, -0.2) is 0 Å². The van der Waals surface area contributed by atoms with Gasteiger partial charge >= 0.3 is 0 Å². The Morgan fingerprint density at radius 2 is 1.88 bits per heavy atom. The molecular formula is C19H21N5O. The van der Waals surface area contributed by atoms with Crippen molar-refractivity contribution in [2.45, 2.75) is 6.42 Å². The maximum Gasteiger partial charge on any atom is 0.228 e. The summed E-state index contributed by atoms with van der Waals surface area (Å²) in [5.41, 5.74) is 1.98. The van der Waals surface area contributed by atoms with E-state index >= 15 is 0 Å². The molecule has 2 aromatic heterocycles. The van der Waals surface area contributed by atoms with Gasteiger partial charge in [0.1, 0.15) is 0 Å². The van der Waals surface area contributed by atoms with Crippen molar-refractivity contribution in [1.82, 2.24) is 19.7 Å². The minimum Gasteiger partial charge on any atom is -0.366 e. The number of carbonyl (C=O) groups excluding carboxylic acids is 1. The number of carbonyl (C=O) groups is 1. The van der Waals surface area contributed by atoms with Crippen molar-refractivity contribution in [1.29, 1.82) is 0 Å². The van der Waals surface area contributed by atoms with Crippen LogP contribution in [0.4, 0.5) is 5.69 Å². The maximum absolute atomic E-state index is 12.5. The van der Waals surface area contributed by atoms with E-state index in [9.17, 15) is 4.79 Å². The van der Waals surface area contributed by atoms with E-state index in [0.717, 1.165) is 42.9 Å². The molecule has 0 N–H and O–H groups in total. The molecule has 0 unspecified atom stereocenters. The lowest BCUT2D eigenvalue weighted by atomic mass is 10.1. The zero-order chi connectivity index (χ0) is 17.2. The first-order valence-corrected chi connectivity index (χ1v) is 8.55. The van der Waals surface area contributed by atoms with E-state index in [1.165, 1.54) is 5.39 Å². The SMILES string of the molecule is Cn1ccc(CC(=O)N2CCN(c3cncc4ccccc34)CC2)n1. The largest absolute Gasteiger partial charge is 0.366 e. The van der Waals surface area contributed by atoms with Crippen molar-refractivity contribution in [2.24, 2.45) is 7.05 Å². The lowest BCUT2D eigenvalue weighted by Gasteiger charge is -2.36. The number of hydrogen-bond donors (Lipinski definition) is 0. The highest BCUT2D eigenvalue weighted by atomic mass is 16.2. The van der Waals surface area contributed by atoms with E-state index in [2.05, 4.69) is 33.2 Å². The average Bonchev–Trinajstić information content (AvgIpc) is 3.06. The third kappa shape index (κ3) is 3.20. The fourth-order valence-corrected chi connectivity index (χ4v) is 3.37. The fourth-order valence-electron chi connectivity index (χ4n) is 3.37. The summed E-state index contributed by atoms with van der Waals surface area (Å²) in [6, 6.07) is 10.2. The molecule has 6 nitrogen and oxygen atoms in total. The summed E-state index contributed by atoms with van der Waals surface area (Å²) >= 11 is 0. The van der Waals surface area contributed by atoms with Gasteiger partial charge in [0.15, 0.2) is 0 Å². The van der Waals surface area contributed by atoms with E-state index in [1.54, 1.807) is 4.68 Å². The highest BCUT2D eigenvalue weighted by Gasteiger charge is 2.22. The number of nitrogens with zero attached hydrogens (tertiary/aromatic N) is 5. The predicted octanol–water partition coefficient (Wildman–Crippen LogP) is 1.86. The second kappa shape index (κ2) is 6.55. The molecule has 0 radical (unpaired) electrons. The molecule has 0 spiro atoms. The monoisotopic (exact) mass is 335 g/mol. The van der Waals surface area contributed by atoms with Crippen molar-refractivity contribution in [3.05, 3.63) is 54.6 Å². The Morgan fingerprint density at radius 3 is 2.64 bits per heavy atom. The smallest absolute Gasteiger partial charge is 0.228 e. The molecule has 0 aliphatic carbocycles. The number of aromatic nitrogens is 3.